The van der Waals surface area contributed by atoms with Crippen molar-refractivity contribution in [2.45, 2.75) is 71.2 Å². The monoisotopic (exact) mass is 640 g/mol. The van der Waals surface area contributed by atoms with Crippen LogP contribution >= 0.6 is 0 Å². The van der Waals surface area contributed by atoms with E-state index in [2.05, 4.69) is 31.7 Å². The van der Waals surface area contributed by atoms with Crippen molar-refractivity contribution in [2.24, 2.45) is 5.92 Å². The predicted molar refractivity (Wildman–Crippen MR) is 167 cm³/mol. The Morgan fingerprint density at radius 3 is 2.20 bits per heavy atom. The van der Waals surface area contributed by atoms with Gasteiger partial charge in [0.1, 0.15) is 24.2 Å². The number of carbonyl (C=O) groups is 6. The van der Waals surface area contributed by atoms with E-state index < -0.39 is 78.7 Å². The van der Waals surface area contributed by atoms with Crippen molar-refractivity contribution in [2.75, 3.05) is 26.2 Å². The van der Waals surface area contributed by atoms with Gasteiger partial charge in [-0.15, -0.1) is 0 Å². The fraction of sp³-hybridized carbons (Fsp3) is 0.516. The zero-order valence-electron chi connectivity index (χ0n) is 26.8. The maximum absolute atomic E-state index is 13.5. The van der Waals surface area contributed by atoms with E-state index in [9.17, 15) is 33.9 Å². The Hall–Kier alpha value is -4.79. The Bertz CT molecular complexity index is 1390. The number of benzene rings is 1. The fourth-order valence-electron chi connectivity index (χ4n) is 4.72. The van der Waals surface area contributed by atoms with Gasteiger partial charge in [0.25, 0.3) is 5.91 Å². The van der Waals surface area contributed by atoms with Crippen molar-refractivity contribution in [1.29, 1.82) is 0 Å². The molecule has 6 amide bonds. The van der Waals surface area contributed by atoms with E-state index >= 15 is 0 Å². The number of nitrogens with one attached hydrogen (secondary N) is 5. The molecule has 4 atom stereocenters. The summed E-state index contributed by atoms with van der Waals surface area (Å²) in [4.78, 5) is 80.6. The summed E-state index contributed by atoms with van der Waals surface area (Å²) in [6.07, 6.45) is 3.05. The van der Waals surface area contributed by atoms with Gasteiger partial charge in [-0.1, -0.05) is 44.2 Å². The van der Waals surface area contributed by atoms with Crippen LogP contribution in [0.25, 0.3) is 0 Å². The summed E-state index contributed by atoms with van der Waals surface area (Å²) in [5.41, 5.74) is 0.971. The molecule has 46 heavy (non-hydrogen) atoms. The molecule has 0 spiro atoms. The summed E-state index contributed by atoms with van der Waals surface area (Å²) < 4.78 is 1.60. The van der Waals surface area contributed by atoms with Crippen molar-refractivity contribution in [3.8, 4) is 0 Å². The Balaban J connectivity index is 1.94. The molecule has 1 saturated heterocycles. The van der Waals surface area contributed by atoms with Crippen molar-refractivity contribution in [3.05, 3.63) is 53.9 Å². The van der Waals surface area contributed by atoms with Crippen LogP contribution in [-0.4, -0.2) is 106 Å². The molecule has 1 aromatic carbocycles. The lowest BCUT2D eigenvalue weighted by Gasteiger charge is -2.28. The zero-order valence-corrected chi connectivity index (χ0v) is 26.8. The molecule has 0 aliphatic carbocycles. The number of hydrogen-bond acceptors (Lipinski definition) is 8. The van der Waals surface area contributed by atoms with E-state index in [1.54, 1.807) is 55.1 Å². The standard InChI is InChI=1S/C31H44N8O7/c1-18(2)26-30(45)34-20(5)27(42)36-24(17-40)29(44)35-23(13-21-9-7-6-8-10-21)28(43)32-11-12-38(16-25(41)37-26)31(46)22-14-33-39(15-22)19(3)4/h6-10,14-15,18-20,23-24,26,40H,11-13,16-17H2,1-5H3,(H,32,43)(H,34,45)(H,35,44)(H,36,42)(H,37,41)/t20-,23+,24-,26+/m0/s1. The van der Waals surface area contributed by atoms with Crippen molar-refractivity contribution in [3.63, 3.8) is 0 Å². The van der Waals surface area contributed by atoms with Crippen LogP contribution in [0.2, 0.25) is 0 Å². The molecule has 0 bridgehead atoms. The smallest absolute Gasteiger partial charge is 0.257 e. The largest absolute Gasteiger partial charge is 0.394 e. The first kappa shape index (κ1) is 35.7. The summed E-state index contributed by atoms with van der Waals surface area (Å²) in [5, 5.41) is 27.0. The minimum absolute atomic E-state index is 0.0126. The molecule has 1 aliphatic heterocycles. The molecule has 0 radical (unpaired) electrons. The Morgan fingerprint density at radius 1 is 0.913 bits per heavy atom. The average Bonchev–Trinajstić information content (AvgIpc) is 3.52. The highest BCUT2D eigenvalue weighted by Crippen LogP contribution is 2.10. The van der Waals surface area contributed by atoms with Crippen LogP contribution in [-0.2, 0) is 30.4 Å². The minimum Gasteiger partial charge on any atom is -0.394 e. The number of rotatable bonds is 6. The lowest BCUT2D eigenvalue weighted by Crippen LogP contribution is -2.60. The molecular formula is C31H44N8O7. The molecule has 2 aromatic rings. The van der Waals surface area contributed by atoms with Gasteiger partial charge in [0.2, 0.25) is 29.5 Å². The van der Waals surface area contributed by atoms with Crippen molar-refractivity contribution >= 4 is 35.4 Å². The molecule has 250 valence electrons. The second-order valence-corrected chi connectivity index (χ2v) is 11.8. The van der Waals surface area contributed by atoms with E-state index in [1.165, 1.54) is 18.0 Å². The maximum Gasteiger partial charge on any atom is 0.257 e. The van der Waals surface area contributed by atoms with Gasteiger partial charge in [-0.2, -0.15) is 5.10 Å². The SMILES string of the molecule is CC(C)[C@H]1NC(=O)CN(C(=O)c2cnn(C(C)C)c2)CCNC(=O)[C@@H](Cc2ccccc2)NC(=O)[C@H](CO)NC(=O)[C@H](C)NC1=O. The van der Waals surface area contributed by atoms with Crippen LogP contribution in [0.1, 0.15) is 56.6 Å². The fourth-order valence-corrected chi connectivity index (χ4v) is 4.72. The van der Waals surface area contributed by atoms with Gasteiger partial charge in [0, 0.05) is 31.7 Å². The highest BCUT2D eigenvalue weighted by Gasteiger charge is 2.32. The molecule has 15 nitrogen and oxygen atoms in total. The molecule has 0 saturated carbocycles. The summed E-state index contributed by atoms with van der Waals surface area (Å²) >= 11 is 0. The minimum atomic E-state index is -1.42. The van der Waals surface area contributed by atoms with Crippen molar-refractivity contribution < 1.29 is 33.9 Å². The summed E-state index contributed by atoms with van der Waals surface area (Å²) in [6, 6.07) is 4.18. The topological polar surface area (TPSA) is 204 Å². The van der Waals surface area contributed by atoms with Gasteiger partial charge in [-0.05, 0) is 32.3 Å². The van der Waals surface area contributed by atoms with Crippen molar-refractivity contribution in [1.82, 2.24) is 41.3 Å². The summed E-state index contributed by atoms with van der Waals surface area (Å²) in [6.45, 7) is 7.23. The third kappa shape index (κ3) is 9.86. The van der Waals surface area contributed by atoms with Crippen LogP contribution < -0.4 is 26.6 Å². The number of aliphatic hydroxyl groups excluding tert-OH is 1. The van der Waals surface area contributed by atoms with Gasteiger partial charge in [-0.25, -0.2) is 0 Å². The van der Waals surface area contributed by atoms with Crippen LogP contribution in [0, 0.1) is 5.92 Å². The van der Waals surface area contributed by atoms with Crippen LogP contribution in [0.4, 0.5) is 0 Å². The van der Waals surface area contributed by atoms with Gasteiger partial charge in [0.15, 0.2) is 0 Å². The molecule has 1 aromatic heterocycles. The summed E-state index contributed by atoms with van der Waals surface area (Å²) in [5.74, 6) is -4.33. The van der Waals surface area contributed by atoms with Gasteiger partial charge < -0.3 is 36.6 Å². The molecule has 1 fully saturated rings. The van der Waals surface area contributed by atoms with Gasteiger partial charge in [0.05, 0.1) is 24.9 Å². The second-order valence-electron chi connectivity index (χ2n) is 11.8. The Kier molecular flexibility index (Phi) is 12.8. The number of amides is 6. The molecule has 15 heteroatoms. The number of nitrogens with zero attached hydrogens (tertiary/aromatic N) is 3. The average molecular weight is 641 g/mol. The number of hydrogen-bond donors (Lipinski definition) is 6. The van der Waals surface area contributed by atoms with E-state index in [0.717, 1.165) is 5.56 Å². The lowest BCUT2D eigenvalue weighted by molar-refractivity contribution is -0.135. The van der Waals surface area contributed by atoms with Gasteiger partial charge in [-0.3, -0.25) is 33.4 Å². The molecule has 1 aliphatic rings. The molecule has 3 rings (SSSR count). The predicted octanol–water partition coefficient (Wildman–Crippen LogP) is -1.11. The lowest BCUT2D eigenvalue weighted by atomic mass is 10.0. The second kappa shape index (κ2) is 16.5. The van der Waals surface area contributed by atoms with E-state index in [1.807, 2.05) is 13.8 Å². The normalized spacial score (nSPS) is 22.7. The molecular weight excluding hydrogens is 596 g/mol. The highest BCUT2D eigenvalue weighted by molar-refractivity contribution is 5.98. The Labute approximate surface area is 267 Å². The van der Waals surface area contributed by atoms with Crippen LogP contribution in [0.3, 0.4) is 0 Å². The van der Waals surface area contributed by atoms with E-state index in [-0.39, 0.29) is 31.1 Å². The quantitative estimate of drug-likeness (QED) is 0.228. The highest BCUT2D eigenvalue weighted by atomic mass is 16.3. The zero-order chi connectivity index (χ0) is 34.0. The van der Waals surface area contributed by atoms with Crippen LogP contribution in [0.15, 0.2) is 42.7 Å². The molecule has 0 unspecified atom stereocenters. The van der Waals surface area contributed by atoms with Gasteiger partial charge >= 0.3 is 0 Å². The third-order valence-corrected chi connectivity index (χ3v) is 7.43. The third-order valence-electron chi connectivity index (χ3n) is 7.43. The van der Waals surface area contributed by atoms with E-state index in [4.69, 9.17) is 0 Å². The first-order valence-electron chi connectivity index (χ1n) is 15.3. The summed E-state index contributed by atoms with van der Waals surface area (Å²) in [7, 11) is 0. The first-order valence-corrected chi connectivity index (χ1v) is 15.3. The maximum atomic E-state index is 13.5. The first-order chi connectivity index (χ1) is 21.8. The molecule has 2 heterocycles. The molecule has 6 N–H and O–H groups in total. The number of aromatic nitrogens is 2. The number of carbonyl (C=O) groups excluding carboxylic acids is 6. The Morgan fingerprint density at radius 2 is 1.59 bits per heavy atom. The number of aliphatic hydroxyl groups is 1. The van der Waals surface area contributed by atoms with Crippen LogP contribution in [0.5, 0.6) is 0 Å². The van der Waals surface area contributed by atoms with E-state index in [0.29, 0.717) is 0 Å².